The van der Waals surface area contributed by atoms with Gasteiger partial charge >= 0.3 is 0 Å². The van der Waals surface area contributed by atoms with Gasteiger partial charge in [0, 0.05) is 22.2 Å². The maximum Gasteiger partial charge on any atom is 0.270 e. The minimum absolute atomic E-state index is 0.0156. The number of ether oxygens (including phenoxy) is 1. The van der Waals surface area contributed by atoms with Crippen LogP contribution in [0.2, 0.25) is 0 Å². The lowest BCUT2D eigenvalue weighted by Crippen LogP contribution is -2.08. The lowest BCUT2D eigenvalue weighted by atomic mass is 10.2. The van der Waals surface area contributed by atoms with Gasteiger partial charge in [0.05, 0.1) is 11.5 Å². The summed E-state index contributed by atoms with van der Waals surface area (Å²) in [6.07, 6.45) is 1.58. The molecule has 0 fully saturated rings. The van der Waals surface area contributed by atoms with Crippen LogP contribution in [-0.2, 0) is 6.54 Å². The second kappa shape index (κ2) is 7.22. The molecule has 0 radical (unpaired) electrons. The van der Waals surface area contributed by atoms with Gasteiger partial charge in [0.2, 0.25) is 0 Å². The van der Waals surface area contributed by atoms with Crippen molar-refractivity contribution in [2.24, 2.45) is 0 Å². The van der Waals surface area contributed by atoms with E-state index in [0.29, 0.717) is 24.5 Å². The van der Waals surface area contributed by atoms with E-state index >= 15 is 0 Å². The van der Waals surface area contributed by atoms with E-state index in [1.165, 1.54) is 12.1 Å². The molecule has 24 heavy (non-hydrogen) atoms. The van der Waals surface area contributed by atoms with Crippen molar-refractivity contribution < 1.29 is 9.66 Å². The highest BCUT2D eigenvalue weighted by molar-refractivity contribution is 9.10. The van der Waals surface area contributed by atoms with Crippen molar-refractivity contribution in [1.82, 2.24) is 14.8 Å². The van der Waals surface area contributed by atoms with Crippen molar-refractivity contribution in [3.63, 3.8) is 0 Å². The Kier molecular flexibility index (Phi) is 4.85. The fourth-order valence-corrected chi connectivity index (χ4v) is 2.49. The normalized spacial score (nSPS) is 10.5. The number of non-ortho nitro benzene ring substituents is 1. The number of aromatic nitrogens is 3. The molecule has 2 aromatic carbocycles. The molecule has 7 nitrogen and oxygen atoms in total. The van der Waals surface area contributed by atoms with E-state index in [1.807, 2.05) is 24.3 Å². The fourth-order valence-electron chi connectivity index (χ4n) is 2.11. The van der Waals surface area contributed by atoms with Gasteiger partial charge in [-0.1, -0.05) is 34.1 Å². The first-order chi connectivity index (χ1) is 11.6. The van der Waals surface area contributed by atoms with Crippen molar-refractivity contribution in [2.75, 3.05) is 6.61 Å². The second-order valence-electron chi connectivity index (χ2n) is 4.94. The molecular weight excluding hydrogens is 376 g/mol. The first-order valence-corrected chi connectivity index (χ1v) is 7.94. The molecule has 0 aliphatic carbocycles. The molecule has 0 atom stereocenters. The predicted octanol–water partition coefficient (Wildman–Crippen LogP) is 3.69. The molecule has 8 heteroatoms. The molecule has 0 amide bonds. The first kappa shape index (κ1) is 16.1. The molecule has 0 N–H and O–H groups in total. The number of benzene rings is 2. The van der Waals surface area contributed by atoms with Crippen LogP contribution in [0.25, 0.3) is 11.4 Å². The first-order valence-electron chi connectivity index (χ1n) is 7.14. The molecule has 3 rings (SSSR count). The van der Waals surface area contributed by atoms with E-state index in [9.17, 15) is 10.1 Å². The number of hydrogen-bond donors (Lipinski definition) is 0. The topological polar surface area (TPSA) is 83.1 Å². The Balaban J connectivity index is 1.63. The number of nitro benzene ring substituents is 1. The highest BCUT2D eigenvalue weighted by atomic mass is 79.9. The molecule has 3 aromatic rings. The summed E-state index contributed by atoms with van der Waals surface area (Å²) in [5.74, 6) is 1.21. The van der Waals surface area contributed by atoms with Crippen molar-refractivity contribution in [3.8, 4) is 17.1 Å². The summed E-state index contributed by atoms with van der Waals surface area (Å²) in [6, 6.07) is 13.8. The Morgan fingerprint density at radius 1 is 1.21 bits per heavy atom. The average molecular weight is 389 g/mol. The van der Waals surface area contributed by atoms with Crippen molar-refractivity contribution in [1.29, 1.82) is 0 Å². The summed E-state index contributed by atoms with van der Waals surface area (Å²) in [6.45, 7) is 0.961. The van der Waals surface area contributed by atoms with Crippen LogP contribution in [0, 0.1) is 10.1 Å². The zero-order chi connectivity index (χ0) is 16.9. The number of nitrogens with zero attached hydrogens (tertiary/aromatic N) is 4. The van der Waals surface area contributed by atoms with Crippen LogP contribution in [0.5, 0.6) is 5.75 Å². The van der Waals surface area contributed by atoms with Gasteiger partial charge in [0.25, 0.3) is 5.69 Å². The number of hydrogen-bond acceptors (Lipinski definition) is 5. The molecule has 0 aliphatic rings. The molecule has 0 saturated heterocycles. The molecule has 0 spiro atoms. The van der Waals surface area contributed by atoms with Crippen LogP contribution in [0.1, 0.15) is 0 Å². The predicted molar refractivity (Wildman–Crippen MR) is 91.7 cm³/mol. The largest absolute Gasteiger partial charge is 0.492 e. The molecular formula is C16H13BrN4O3. The third-order valence-electron chi connectivity index (χ3n) is 3.24. The lowest BCUT2D eigenvalue weighted by Gasteiger charge is -2.06. The standard InChI is InChI=1S/C16H13BrN4O3/c17-13-4-2-6-15(10-13)24-8-7-20-11-18-16(19-20)12-3-1-5-14(9-12)21(22)23/h1-6,9-11H,7-8H2. The summed E-state index contributed by atoms with van der Waals surface area (Å²) in [7, 11) is 0. The van der Waals surface area contributed by atoms with E-state index in [4.69, 9.17) is 4.74 Å². The Hall–Kier alpha value is -2.74. The van der Waals surface area contributed by atoms with Gasteiger partial charge in [-0.2, -0.15) is 5.10 Å². The maximum absolute atomic E-state index is 10.8. The smallest absolute Gasteiger partial charge is 0.270 e. The SMILES string of the molecule is O=[N+]([O-])c1cccc(-c2ncn(CCOc3cccc(Br)c3)n2)c1. The van der Waals surface area contributed by atoms with Crippen LogP contribution in [0.4, 0.5) is 5.69 Å². The van der Waals surface area contributed by atoms with E-state index in [1.54, 1.807) is 23.1 Å². The van der Waals surface area contributed by atoms with Gasteiger partial charge in [-0.05, 0) is 18.2 Å². The molecule has 1 heterocycles. The van der Waals surface area contributed by atoms with Crippen molar-refractivity contribution in [2.45, 2.75) is 6.54 Å². The molecule has 1 aromatic heterocycles. The summed E-state index contributed by atoms with van der Waals surface area (Å²) in [5, 5.41) is 15.2. The minimum Gasteiger partial charge on any atom is -0.492 e. The number of nitro groups is 1. The van der Waals surface area contributed by atoms with E-state index in [-0.39, 0.29) is 5.69 Å². The van der Waals surface area contributed by atoms with E-state index in [2.05, 4.69) is 26.0 Å². The Morgan fingerprint density at radius 3 is 2.83 bits per heavy atom. The van der Waals surface area contributed by atoms with Crippen molar-refractivity contribution in [3.05, 3.63) is 69.4 Å². The van der Waals surface area contributed by atoms with Gasteiger partial charge in [-0.25, -0.2) is 9.67 Å². The van der Waals surface area contributed by atoms with E-state index < -0.39 is 4.92 Å². The lowest BCUT2D eigenvalue weighted by molar-refractivity contribution is -0.384. The van der Waals surface area contributed by atoms with Gasteiger partial charge in [-0.15, -0.1) is 0 Å². The Labute approximate surface area is 146 Å². The highest BCUT2D eigenvalue weighted by Crippen LogP contribution is 2.20. The fraction of sp³-hybridized carbons (Fsp3) is 0.125. The third-order valence-corrected chi connectivity index (χ3v) is 3.73. The molecule has 0 bridgehead atoms. The van der Waals surface area contributed by atoms with Gasteiger partial charge in [0.1, 0.15) is 18.7 Å². The number of rotatable bonds is 6. The van der Waals surface area contributed by atoms with Gasteiger partial charge < -0.3 is 4.74 Å². The zero-order valence-corrected chi connectivity index (χ0v) is 14.1. The summed E-state index contributed by atoms with van der Waals surface area (Å²) < 4.78 is 8.25. The van der Waals surface area contributed by atoms with Crippen LogP contribution < -0.4 is 4.74 Å². The molecule has 0 unspecified atom stereocenters. The number of halogens is 1. The monoisotopic (exact) mass is 388 g/mol. The summed E-state index contributed by atoms with van der Waals surface area (Å²) in [5.41, 5.74) is 0.623. The van der Waals surface area contributed by atoms with Gasteiger partial charge in [0.15, 0.2) is 5.82 Å². The quantitative estimate of drug-likeness (QED) is 0.474. The Bertz CT molecular complexity index is 866. The summed E-state index contributed by atoms with van der Waals surface area (Å²) in [4.78, 5) is 14.6. The minimum atomic E-state index is -0.438. The van der Waals surface area contributed by atoms with E-state index in [0.717, 1.165) is 10.2 Å². The Morgan fingerprint density at radius 2 is 2.04 bits per heavy atom. The molecule has 0 aliphatic heterocycles. The average Bonchev–Trinajstić information content (AvgIpc) is 3.04. The summed E-state index contributed by atoms with van der Waals surface area (Å²) >= 11 is 3.39. The van der Waals surface area contributed by atoms with Crippen LogP contribution in [0.3, 0.4) is 0 Å². The third kappa shape index (κ3) is 3.96. The van der Waals surface area contributed by atoms with Crippen molar-refractivity contribution >= 4 is 21.6 Å². The highest BCUT2D eigenvalue weighted by Gasteiger charge is 2.10. The second-order valence-corrected chi connectivity index (χ2v) is 5.86. The van der Waals surface area contributed by atoms with Crippen LogP contribution in [-0.4, -0.2) is 26.3 Å². The molecule has 122 valence electrons. The molecule has 0 saturated carbocycles. The zero-order valence-electron chi connectivity index (χ0n) is 12.5. The van der Waals surface area contributed by atoms with Crippen LogP contribution in [0.15, 0.2) is 59.3 Å². The maximum atomic E-state index is 10.8. The van der Waals surface area contributed by atoms with Gasteiger partial charge in [-0.3, -0.25) is 10.1 Å². The van der Waals surface area contributed by atoms with Crippen LogP contribution >= 0.6 is 15.9 Å².